The van der Waals surface area contributed by atoms with Crippen LogP contribution in [0.5, 0.6) is 0 Å². The summed E-state index contributed by atoms with van der Waals surface area (Å²) >= 11 is 0. The molecule has 5 nitrogen and oxygen atoms in total. The number of nitrogens with zero attached hydrogens (tertiary/aromatic N) is 1. The van der Waals surface area contributed by atoms with E-state index in [4.69, 9.17) is 5.73 Å². The van der Waals surface area contributed by atoms with Crippen molar-refractivity contribution in [2.24, 2.45) is 0 Å². The average Bonchev–Trinajstić information content (AvgIpc) is 3.20. The molecule has 0 heterocycles. The fourth-order valence-corrected chi connectivity index (χ4v) is 5.93. The minimum Gasteiger partial charge on any atom is -0.399 e. The minimum absolute atomic E-state index is 0. The fourth-order valence-electron chi connectivity index (χ4n) is 5.93. The zero-order chi connectivity index (χ0) is 41.3. The van der Waals surface area contributed by atoms with Gasteiger partial charge < -0.3 is 22.9 Å². The third-order valence-electron chi connectivity index (χ3n) is 9.46. The van der Waals surface area contributed by atoms with Gasteiger partial charge in [0.05, 0.1) is 0 Å². The number of carbonyl (C=O) groups excluding carboxylic acids is 1. The van der Waals surface area contributed by atoms with Gasteiger partial charge in [0.1, 0.15) is 6.29 Å². The number of benzene rings is 7. The second kappa shape index (κ2) is 26.2. The number of nitrogen functional groups attached to an aromatic ring is 1. The van der Waals surface area contributed by atoms with E-state index in [-0.39, 0.29) is 30.9 Å². The van der Waals surface area contributed by atoms with Crippen LogP contribution in [0.15, 0.2) is 158 Å². The number of hydrogen-bond donors (Lipinski definition) is 3. The zero-order valence-electron chi connectivity index (χ0n) is 37.0. The third kappa shape index (κ3) is 17.1. The normalized spacial score (nSPS) is 9.75. The Morgan fingerprint density at radius 3 is 1.02 bits per heavy atom. The molecule has 6 heteroatoms. The van der Waals surface area contributed by atoms with Crippen LogP contribution in [0.4, 0.5) is 22.7 Å². The first-order valence-corrected chi connectivity index (χ1v) is 19.5. The van der Waals surface area contributed by atoms with E-state index in [2.05, 4.69) is 174 Å². The van der Waals surface area contributed by atoms with Crippen molar-refractivity contribution in [3.05, 3.63) is 224 Å². The summed E-state index contributed by atoms with van der Waals surface area (Å²) in [6.45, 7) is 18.7. The maximum absolute atomic E-state index is 10.3. The quantitative estimate of drug-likeness (QED) is 0.0876. The Morgan fingerprint density at radius 2 is 0.683 bits per heavy atom. The summed E-state index contributed by atoms with van der Waals surface area (Å²) in [5.41, 5.74) is 24.2. The van der Waals surface area contributed by atoms with Crippen LogP contribution in [0.3, 0.4) is 0 Å². The van der Waals surface area contributed by atoms with E-state index in [9.17, 15) is 4.79 Å². The smallest absolute Gasteiger partial charge is 0.150 e. The van der Waals surface area contributed by atoms with Crippen molar-refractivity contribution in [3.63, 3.8) is 0 Å². The molecular weight excluding hydrogens is 772 g/mol. The average molecular weight is 836 g/mol. The Bertz CT molecular complexity index is 2200. The van der Waals surface area contributed by atoms with Gasteiger partial charge in [-0.2, -0.15) is 0 Å². The predicted octanol–water partition coefficient (Wildman–Crippen LogP) is 14.9. The summed E-state index contributed by atoms with van der Waals surface area (Å²) in [6, 6.07) is 54.8. The maximum Gasteiger partial charge on any atom is 0.150 e. The third-order valence-corrected chi connectivity index (χ3v) is 9.46. The molecule has 0 atom stereocenters. The van der Waals surface area contributed by atoms with Gasteiger partial charge in [-0.1, -0.05) is 160 Å². The molecule has 0 aliphatic rings. The van der Waals surface area contributed by atoms with Crippen molar-refractivity contribution in [2.75, 3.05) is 10.6 Å². The SMILES string of the molecule is Cc1ccc(C)cc1.Cc1ccc(C=O)c(C)c1.Cc1ccc(N(c2ccc(C)cc2)c2ccc(C=Cc3ccc(C)cc3C)cc2)cc1.Cc1ccc(N)cc1.N.N.[V]. The first kappa shape index (κ1) is 52.1. The van der Waals surface area contributed by atoms with Crippen molar-refractivity contribution < 1.29 is 23.4 Å². The predicted molar refractivity (Wildman–Crippen MR) is 258 cm³/mol. The van der Waals surface area contributed by atoms with E-state index in [1.54, 1.807) is 0 Å². The molecule has 1 radical (unpaired) electrons. The summed E-state index contributed by atoms with van der Waals surface area (Å²) in [6.07, 6.45) is 5.26. The van der Waals surface area contributed by atoms with Gasteiger partial charge in [0.15, 0.2) is 0 Å². The van der Waals surface area contributed by atoms with Gasteiger partial charge in [-0.15, -0.1) is 0 Å². The molecular formula is C54H64N4OV. The van der Waals surface area contributed by atoms with E-state index in [0.29, 0.717) is 0 Å². The molecule has 8 N–H and O–H groups in total. The van der Waals surface area contributed by atoms with E-state index in [1.807, 2.05) is 63.2 Å². The largest absolute Gasteiger partial charge is 0.399 e. The molecule has 0 fully saturated rings. The molecule has 0 unspecified atom stereocenters. The van der Waals surface area contributed by atoms with Crippen molar-refractivity contribution >= 4 is 41.2 Å². The number of anilines is 4. The van der Waals surface area contributed by atoms with Crippen molar-refractivity contribution in [1.29, 1.82) is 0 Å². The van der Waals surface area contributed by atoms with Crippen molar-refractivity contribution in [2.45, 2.75) is 62.3 Å². The van der Waals surface area contributed by atoms with E-state index in [0.717, 1.165) is 40.2 Å². The molecule has 0 aromatic heterocycles. The summed E-state index contributed by atoms with van der Waals surface area (Å²) in [7, 11) is 0. The number of nitrogens with two attached hydrogens (primary N) is 1. The van der Waals surface area contributed by atoms with Gasteiger partial charge in [0, 0.05) is 46.9 Å². The molecule has 311 valence electrons. The van der Waals surface area contributed by atoms with E-state index >= 15 is 0 Å². The molecule has 0 amide bonds. The van der Waals surface area contributed by atoms with Gasteiger partial charge in [0.2, 0.25) is 0 Å². The fraction of sp³-hybridized carbons (Fsp3) is 0.167. The number of aldehydes is 1. The first-order chi connectivity index (χ1) is 27.3. The number of carbonyl (C=O) groups is 1. The van der Waals surface area contributed by atoms with Crippen LogP contribution in [0.1, 0.15) is 71.6 Å². The van der Waals surface area contributed by atoms with Gasteiger partial charge in [0.25, 0.3) is 0 Å². The summed E-state index contributed by atoms with van der Waals surface area (Å²) in [4.78, 5) is 12.6. The van der Waals surface area contributed by atoms with Crippen LogP contribution in [0.25, 0.3) is 12.2 Å². The Kier molecular flexibility index (Phi) is 22.8. The molecule has 0 spiro atoms. The molecule has 0 saturated heterocycles. The van der Waals surface area contributed by atoms with Crippen molar-refractivity contribution in [1.82, 2.24) is 12.3 Å². The van der Waals surface area contributed by atoms with Crippen LogP contribution >= 0.6 is 0 Å². The Labute approximate surface area is 372 Å². The van der Waals surface area contributed by atoms with Crippen LogP contribution < -0.4 is 22.9 Å². The Hall–Kier alpha value is -5.95. The first-order valence-electron chi connectivity index (χ1n) is 19.5. The monoisotopic (exact) mass is 835 g/mol. The maximum atomic E-state index is 10.3. The van der Waals surface area contributed by atoms with Crippen molar-refractivity contribution in [3.8, 4) is 0 Å². The molecule has 60 heavy (non-hydrogen) atoms. The second-order valence-electron chi connectivity index (χ2n) is 14.8. The topological polar surface area (TPSA) is 116 Å². The molecule has 0 aliphatic carbocycles. The number of rotatable bonds is 6. The summed E-state index contributed by atoms with van der Waals surface area (Å²) in [5.74, 6) is 0. The Balaban J connectivity index is 0.000000504. The van der Waals surface area contributed by atoms with Gasteiger partial charge in [-0.25, -0.2) is 0 Å². The summed E-state index contributed by atoms with van der Waals surface area (Å²) < 4.78 is 0. The molecule has 0 bridgehead atoms. The molecule has 7 aromatic carbocycles. The molecule has 7 rings (SSSR count). The molecule has 0 aliphatic heterocycles. The van der Waals surface area contributed by atoms with Gasteiger partial charge in [-0.3, -0.25) is 4.79 Å². The number of hydrogen-bond acceptors (Lipinski definition) is 5. The van der Waals surface area contributed by atoms with Crippen LogP contribution in [0.2, 0.25) is 0 Å². The van der Waals surface area contributed by atoms with Gasteiger partial charge in [-0.05, 0) is 133 Å². The second-order valence-corrected chi connectivity index (χ2v) is 14.8. The zero-order valence-corrected chi connectivity index (χ0v) is 38.4. The minimum atomic E-state index is 0. The van der Waals surface area contributed by atoms with Crippen LogP contribution in [-0.2, 0) is 18.6 Å². The van der Waals surface area contributed by atoms with Gasteiger partial charge >= 0.3 is 0 Å². The van der Waals surface area contributed by atoms with E-state index < -0.39 is 0 Å². The Morgan fingerprint density at radius 1 is 0.383 bits per heavy atom. The van der Waals surface area contributed by atoms with Crippen LogP contribution in [0, 0.1) is 62.3 Å². The molecule has 0 saturated carbocycles. The standard InChI is InChI=1S/C30H29N.C9H10O.C8H10.C7H9N.2H3N.V/c1-22-6-15-28(16-7-22)31(29-17-8-23(2)9-18-29)30-19-11-26(12-20-30)10-14-27-13-5-24(3)21-25(27)4;1-7-3-4-9(6-10)8(2)5-7;1-7-3-5-8(2)6-4-7;1-6-2-4-7(8)5-3-6;;;/h5-21H,1-4H3;3-6H,1-2H3;3-6H,1-2H3;2-5H,8H2,1H3;2*1H3;. The number of aryl methyl sites for hydroxylation is 9. The van der Waals surface area contributed by atoms with E-state index in [1.165, 1.54) is 55.6 Å². The van der Waals surface area contributed by atoms with Crippen LogP contribution in [-0.4, -0.2) is 6.29 Å². The summed E-state index contributed by atoms with van der Waals surface area (Å²) in [5, 5.41) is 0. The molecule has 7 aromatic rings.